The van der Waals surface area contributed by atoms with Gasteiger partial charge in [0.2, 0.25) is 0 Å². The highest BCUT2D eigenvalue weighted by atomic mass is 15.2. The average molecular weight is 392 g/mol. The summed E-state index contributed by atoms with van der Waals surface area (Å²) in [6, 6.07) is 6.01. The smallest absolute Gasteiger partial charge is 0.157 e. The van der Waals surface area contributed by atoms with Crippen LogP contribution in [0.15, 0.2) is 36.7 Å². The van der Waals surface area contributed by atoms with E-state index in [1.807, 2.05) is 38.4 Å². The first-order valence-corrected chi connectivity index (χ1v) is 9.95. The van der Waals surface area contributed by atoms with Crippen LogP contribution in [-0.2, 0) is 6.54 Å². The molecule has 0 aromatic carbocycles. The van der Waals surface area contributed by atoms with Crippen molar-refractivity contribution < 1.29 is 0 Å². The number of rotatable bonds is 8. The summed E-state index contributed by atoms with van der Waals surface area (Å²) in [5.41, 5.74) is 3.88. The van der Waals surface area contributed by atoms with Gasteiger partial charge in [-0.15, -0.1) is 0 Å². The highest BCUT2D eigenvalue weighted by Gasteiger charge is 2.15. The molecule has 0 spiro atoms. The van der Waals surface area contributed by atoms with Crippen LogP contribution >= 0.6 is 0 Å². The molecule has 3 rings (SSSR count). The predicted molar refractivity (Wildman–Crippen MR) is 118 cm³/mol. The van der Waals surface area contributed by atoms with Gasteiger partial charge in [-0.1, -0.05) is 32.9 Å². The lowest BCUT2D eigenvalue weighted by Gasteiger charge is -2.21. The summed E-state index contributed by atoms with van der Waals surface area (Å²) in [6.45, 7) is 9.01. The molecule has 3 aromatic heterocycles. The molecule has 0 radical (unpaired) electrons. The summed E-state index contributed by atoms with van der Waals surface area (Å²) in [5.74, 6) is 2.64. The minimum Gasteiger partial charge on any atom is -0.353 e. The molecule has 3 aromatic rings. The Morgan fingerprint density at radius 2 is 2.10 bits per heavy atom. The van der Waals surface area contributed by atoms with Gasteiger partial charge in [0.25, 0.3) is 0 Å². The van der Waals surface area contributed by atoms with Gasteiger partial charge in [0.05, 0.1) is 5.69 Å². The molecule has 0 unspecified atom stereocenters. The second-order valence-electron chi connectivity index (χ2n) is 7.38. The molecule has 0 aliphatic carbocycles. The highest BCUT2D eigenvalue weighted by Crippen LogP contribution is 2.26. The minimum atomic E-state index is 0.382. The van der Waals surface area contributed by atoms with E-state index < -0.39 is 0 Å². The summed E-state index contributed by atoms with van der Waals surface area (Å²) < 4.78 is 0. The third-order valence-electron chi connectivity index (χ3n) is 4.56. The number of nitrogens with one attached hydrogen (secondary N) is 2. The zero-order valence-corrected chi connectivity index (χ0v) is 17.8. The largest absolute Gasteiger partial charge is 0.353 e. The SMILES string of the molecule is CC/C=C/c1nc(C)c(Nc2cc(C(C)C)[nH]n2)nc1N(C)Cc1cccnc1. The van der Waals surface area contributed by atoms with Crippen molar-refractivity contribution in [1.29, 1.82) is 0 Å². The van der Waals surface area contributed by atoms with Crippen molar-refractivity contribution in [3.8, 4) is 0 Å². The summed E-state index contributed by atoms with van der Waals surface area (Å²) in [5, 5.41) is 10.7. The first-order valence-electron chi connectivity index (χ1n) is 9.95. The molecular formula is C22H29N7. The number of aromatic amines is 1. The maximum atomic E-state index is 4.90. The lowest BCUT2D eigenvalue weighted by molar-refractivity contribution is 0.811. The second-order valence-corrected chi connectivity index (χ2v) is 7.38. The van der Waals surface area contributed by atoms with Gasteiger partial charge in [0.1, 0.15) is 5.69 Å². The van der Waals surface area contributed by atoms with Gasteiger partial charge < -0.3 is 10.2 Å². The van der Waals surface area contributed by atoms with E-state index in [-0.39, 0.29) is 0 Å². The van der Waals surface area contributed by atoms with E-state index in [2.05, 4.69) is 58.3 Å². The fourth-order valence-corrected chi connectivity index (χ4v) is 2.93. The first kappa shape index (κ1) is 20.5. The number of allylic oxidation sites excluding steroid dienone is 1. The van der Waals surface area contributed by atoms with Crippen molar-refractivity contribution in [2.75, 3.05) is 17.3 Å². The van der Waals surface area contributed by atoms with Gasteiger partial charge in [-0.2, -0.15) is 5.10 Å². The Kier molecular flexibility index (Phi) is 6.59. The maximum absolute atomic E-state index is 4.90. The van der Waals surface area contributed by atoms with Gasteiger partial charge in [-0.05, 0) is 37.0 Å². The quantitative estimate of drug-likeness (QED) is 0.572. The van der Waals surface area contributed by atoms with Crippen molar-refractivity contribution >= 4 is 23.5 Å². The van der Waals surface area contributed by atoms with Gasteiger partial charge in [-0.3, -0.25) is 10.1 Å². The zero-order chi connectivity index (χ0) is 20.8. The molecule has 7 nitrogen and oxygen atoms in total. The second kappa shape index (κ2) is 9.32. The normalized spacial score (nSPS) is 11.4. The lowest BCUT2D eigenvalue weighted by Crippen LogP contribution is -2.20. The van der Waals surface area contributed by atoms with E-state index in [0.29, 0.717) is 18.3 Å². The summed E-state index contributed by atoms with van der Waals surface area (Å²) in [4.78, 5) is 16.0. The number of anilines is 3. The molecule has 0 amide bonds. The Hall–Kier alpha value is -3.22. The van der Waals surface area contributed by atoms with E-state index in [9.17, 15) is 0 Å². The first-order chi connectivity index (χ1) is 14.0. The minimum absolute atomic E-state index is 0.382. The third-order valence-corrected chi connectivity index (χ3v) is 4.56. The Morgan fingerprint density at radius 1 is 1.28 bits per heavy atom. The van der Waals surface area contributed by atoms with Crippen molar-refractivity contribution in [3.05, 3.63) is 59.3 Å². The summed E-state index contributed by atoms with van der Waals surface area (Å²) in [7, 11) is 2.02. The van der Waals surface area contributed by atoms with E-state index >= 15 is 0 Å². The van der Waals surface area contributed by atoms with Crippen LogP contribution in [0.25, 0.3) is 6.08 Å². The number of H-pyrrole nitrogens is 1. The Bertz CT molecular complexity index is 961. The van der Waals surface area contributed by atoms with Gasteiger partial charge in [0, 0.05) is 37.7 Å². The Balaban J connectivity index is 1.93. The molecule has 29 heavy (non-hydrogen) atoms. The van der Waals surface area contributed by atoms with Crippen molar-refractivity contribution in [3.63, 3.8) is 0 Å². The predicted octanol–water partition coefficient (Wildman–Crippen LogP) is 4.83. The molecule has 3 heterocycles. The molecule has 0 fully saturated rings. The number of pyridine rings is 1. The van der Waals surface area contributed by atoms with Crippen molar-refractivity contribution in [2.24, 2.45) is 0 Å². The average Bonchev–Trinajstić information content (AvgIpc) is 3.17. The molecule has 0 atom stereocenters. The van der Waals surface area contributed by atoms with Crippen LogP contribution in [0.2, 0.25) is 0 Å². The molecule has 0 bridgehead atoms. The van der Waals surface area contributed by atoms with Crippen LogP contribution in [0.1, 0.15) is 55.8 Å². The third kappa shape index (κ3) is 5.19. The molecule has 0 saturated heterocycles. The topological polar surface area (TPSA) is 82.6 Å². The molecule has 0 saturated carbocycles. The molecular weight excluding hydrogens is 362 g/mol. The number of nitrogens with zero attached hydrogens (tertiary/aromatic N) is 5. The molecule has 0 aliphatic rings. The van der Waals surface area contributed by atoms with E-state index in [1.165, 1.54) is 0 Å². The number of hydrogen-bond acceptors (Lipinski definition) is 6. The maximum Gasteiger partial charge on any atom is 0.157 e. The summed E-state index contributed by atoms with van der Waals surface area (Å²) in [6.07, 6.45) is 8.72. The molecule has 7 heteroatoms. The van der Waals surface area contributed by atoms with Crippen LogP contribution in [-0.4, -0.2) is 32.2 Å². The lowest BCUT2D eigenvalue weighted by atomic mass is 10.1. The van der Waals surface area contributed by atoms with Crippen LogP contribution < -0.4 is 10.2 Å². The number of aryl methyl sites for hydroxylation is 1. The van der Waals surface area contributed by atoms with Crippen molar-refractivity contribution in [1.82, 2.24) is 25.1 Å². The zero-order valence-electron chi connectivity index (χ0n) is 17.8. The van der Waals surface area contributed by atoms with Crippen LogP contribution in [0.4, 0.5) is 17.5 Å². The fourth-order valence-electron chi connectivity index (χ4n) is 2.93. The standard InChI is InChI=1S/C22H29N7/c1-6-7-10-18-22(29(5)14-17-9-8-11-23-13-17)26-21(16(4)24-18)25-20-12-19(15(2)3)27-28-20/h7-13,15H,6,14H2,1-5H3,(H2,25,26,27,28)/b10-7+. The number of aromatic nitrogens is 5. The van der Waals surface area contributed by atoms with Gasteiger partial charge in [0.15, 0.2) is 17.5 Å². The molecule has 0 aliphatic heterocycles. The van der Waals surface area contributed by atoms with E-state index in [0.717, 1.165) is 40.7 Å². The van der Waals surface area contributed by atoms with Crippen molar-refractivity contribution in [2.45, 2.75) is 46.6 Å². The summed E-state index contributed by atoms with van der Waals surface area (Å²) >= 11 is 0. The Labute approximate surface area is 172 Å². The molecule has 152 valence electrons. The fraction of sp³-hybridized carbons (Fsp3) is 0.364. The van der Waals surface area contributed by atoms with Gasteiger partial charge in [-0.25, -0.2) is 9.97 Å². The number of hydrogen-bond donors (Lipinski definition) is 2. The monoisotopic (exact) mass is 391 g/mol. The van der Waals surface area contributed by atoms with E-state index in [1.54, 1.807) is 6.20 Å². The van der Waals surface area contributed by atoms with Crippen LogP contribution in [0, 0.1) is 6.92 Å². The Morgan fingerprint density at radius 3 is 2.76 bits per heavy atom. The van der Waals surface area contributed by atoms with E-state index in [4.69, 9.17) is 9.97 Å². The van der Waals surface area contributed by atoms with Gasteiger partial charge >= 0.3 is 0 Å². The highest BCUT2D eigenvalue weighted by molar-refractivity contribution is 5.66. The molecule has 2 N–H and O–H groups in total. The van der Waals surface area contributed by atoms with Crippen LogP contribution in [0.3, 0.4) is 0 Å². The van der Waals surface area contributed by atoms with Crippen LogP contribution in [0.5, 0.6) is 0 Å².